The predicted octanol–water partition coefficient (Wildman–Crippen LogP) is 0.531. The van der Waals surface area contributed by atoms with Gasteiger partial charge in [0.25, 0.3) is 0 Å². The molecule has 0 atom stereocenters. The molecule has 0 radical (unpaired) electrons. The van der Waals surface area contributed by atoms with Gasteiger partial charge in [0.15, 0.2) is 0 Å². The van der Waals surface area contributed by atoms with E-state index >= 15 is 0 Å². The molecule has 1 aliphatic heterocycles. The van der Waals surface area contributed by atoms with Gasteiger partial charge in [-0.3, -0.25) is 0 Å². The first-order valence-electron chi connectivity index (χ1n) is 6.12. The van der Waals surface area contributed by atoms with Crippen LogP contribution in [0.4, 0.5) is 11.4 Å². The van der Waals surface area contributed by atoms with Gasteiger partial charge in [-0.1, -0.05) is 6.07 Å². The predicted molar refractivity (Wildman–Crippen MR) is 74.5 cm³/mol. The van der Waals surface area contributed by atoms with Crippen LogP contribution in [0.1, 0.15) is 12.8 Å². The van der Waals surface area contributed by atoms with Gasteiger partial charge in [-0.15, -0.1) is 0 Å². The van der Waals surface area contributed by atoms with Gasteiger partial charge in [0.05, 0.1) is 17.5 Å². The molecule has 4 N–H and O–H groups in total. The summed E-state index contributed by atoms with van der Waals surface area (Å²) < 4.78 is 28.2. The van der Waals surface area contributed by atoms with Crippen molar-refractivity contribution in [3.8, 4) is 0 Å². The second-order valence-electron chi connectivity index (χ2n) is 4.66. The van der Waals surface area contributed by atoms with E-state index in [-0.39, 0.29) is 16.7 Å². The van der Waals surface area contributed by atoms with Gasteiger partial charge in [-0.25, -0.2) is 13.6 Å². The van der Waals surface area contributed by atoms with Gasteiger partial charge in [-0.05, 0) is 25.0 Å². The molecule has 1 aliphatic rings. The van der Waals surface area contributed by atoms with E-state index in [0.717, 1.165) is 31.6 Å². The highest BCUT2D eigenvalue weighted by Gasteiger charge is 2.22. The van der Waals surface area contributed by atoms with Crippen LogP contribution in [0.5, 0.6) is 0 Å². The molecule has 1 aromatic carbocycles. The molecule has 1 heterocycles. The number of nitrogen functional groups attached to an aromatic ring is 1. The van der Waals surface area contributed by atoms with E-state index in [1.54, 1.807) is 13.2 Å². The highest BCUT2D eigenvalue weighted by atomic mass is 32.2. The van der Waals surface area contributed by atoms with Crippen molar-refractivity contribution in [1.29, 1.82) is 0 Å². The van der Waals surface area contributed by atoms with E-state index in [9.17, 15) is 8.42 Å². The molecule has 1 fully saturated rings. The van der Waals surface area contributed by atoms with Crippen molar-refractivity contribution in [2.24, 2.45) is 5.14 Å². The van der Waals surface area contributed by atoms with E-state index in [1.165, 1.54) is 6.07 Å². The maximum atomic E-state index is 11.4. The molecule has 0 unspecified atom stereocenters. The van der Waals surface area contributed by atoms with Crippen LogP contribution in [0.25, 0.3) is 0 Å². The molecule has 0 spiro atoms. The summed E-state index contributed by atoms with van der Waals surface area (Å²) >= 11 is 0. The number of primary sulfonamides is 1. The van der Waals surface area contributed by atoms with E-state index < -0.39 is 10.0 Å². The van der Waals surface area contributed by atoms with Gasteiger partial charge in [0.1, 0.15) is 4.90 Å². The van der Waals surface area contributed by atoms with Crippen LogP contribution in [0, 0.1) is 0 Å². The molecule has 19 heavy (non-hydrogen) atoms. The van der Waals surface area contributed by atoms with Crippen molar-refractivity contribution in [1.82, 2.24) is 0 Å². The minimum atomic E-state index is -3.79. The number of hydrogen-bond acceptors (Lipinski definition) is 5. The quantitative estimate of drug-likeness (QED) is 0.789. The number of hydrogen-bond donors (Lipinski definition) is 2. The van der Waals surface area contributed by atoms with Crippen molar-refractivity contribution >= 4 is 21.4 Å². The SMILES string of the molecule is COC1CCN(c2cccc(S(N)(=O)=O)c2N)CC1. The Labute approximate surface area is 113 Å². The summed E-state index contributed by atoms with van der Waals surface area (Å²) in [7, 11) is -2.08. The third kappa shape index (κ3) is 2.99. The lowest BCUT2D eigenvalue weighted by Crippen LogP contribution is -2.37. The van der Waals surface area contributed by atoms with Crippen LogP contribution >= 0.6 is 0 Å². The number of nitrogens with two attached hydrogens (primary N) is 2. The minimum absolute atomic E-state index is 0.0149. The van der Waals surface area contributed by atoms with Crippen molar-refractivity contribution in [2.75, 3.05) is 30.8 Å². The Morgan fingerprint density at radius 1 is 1.32 bits per heavy atom. The molecule has 1 aromatic rings. The molecule has 0 saturated carbocycles. The molecular weight excluding hydrogens is 266 g/mol. The van der Waals surface area contributed by atoms with Crippen LogP contribution in [0.15, 0.2) is 23.1 Å². The van der Waals surface area contributed by atoms with Gasteiger partial charge in [-0.2, -0.15) is 0 Å². The van der Waals surface area contributed by atoms with E-state index in [4.69, 9.17) is 15.6 Å². The Morgan fingerprint density at radius 3 is 2.47 bits per heavy atom. The number of anilines is 2. The van der Waals surface area contributed by atoms with Crippen LogP contribution in [-0.4, -0.2) is 34.7 Å². The van der Waals surface area contributed by atoms with Gasteiger partial charge < -0.3 is 15.4 Å². The number of sulfonamides is 1. The maximum absolute atomic E-state index is 11.4. The van der Waals surface area contributed by atoms with Crippen LogP contribution in [-0.2, 0) is 14.8 Å². The molecule has 6 nitrogen and oxygen atoms in total. The number of piperidine rings is 1. The molecule has 0 aromatic heterocycles. The van der Waals surface area contributed by atoms with Crippen LogP contribution in [0.2, 0.25) is 0 Å². The Morgan fingerprint density at radius 2 is 1.95 bits per heavy atom. The molecule has 0 amide bonds. The summed E-state index contributed by atoms with van der Waals surface area (Å²) in [6, 6.07) is 4.90. The van der Waals surface area contributed by atoms with Crippen molar-refractivity contribution in [3.63, 3.8) is 0 Å². The summed E-state index contributed by atoms with van der Waals surface area (Å²) in [5, 5.41) is 5.15. The number of benzene rings is 1. The number of nitrogens with zero attached hydrogens (tertiary/aromatic N) is 1. The van der Waals surface area contributed by atoms with E-state index in [1.807, 2.05) is 6.07 Å². The monoisotopic (exact) mass is 285 g/mol. The molecule has 106 valence electrons. The fourth-order valence-electron chi connectivity index (χ4n) is 2.39. The van der Waals surface area contributed by atoms with Crippen molar-refractivity contribution in [3.05, 3.63) is 18.2 Å². The topological polar surface area (TPSA) is 98.6 Å². The highest BCUT2D eigenvalue weighted by molar-refractivity contribution is 7.89. The zero-order valence-corrected chi connectivity index (χ0v) is 11.7. The van der Waals surface area contributed by atoms with Crippen LogP contribution in [0.3, 0.4) is 0 Å². The lowest BCUT2D eigenvalue weighted by molar-refractivity contribution is 0.0819. The highest BCUT2D eigenvalue weighted by Crippen LogP contribution is 2.31. The first-order valence-corrected chi connectivity index (χ1v) is 7.67. The average molecular weight is 285 g/mol. The second kappa shape index (κ2) is 5.36. The van der Waals surface area contributed by atoms with Gasteiger partial charge in [0, 0.05) is 20.2 Å². The fourth-order valence-corrected chi connectivity index (χ4v) is 3.07. The van der Waals surface area contributed by atoms with Gasteiger partial charge in [0.2, 0.25) is 10.0 Å². The standard InChI is InChI=1S/C12H19N3O3S/c1-18-9-5-7-15(8-6-9)10-3-2-4-11(12(10)13)19(14,16)17/h2-4,9H,5-8,13H2,1H3,(H2,14,16,17). The van der Waals surface area contributed by atoms with Crippen molar-refractivity contribution < 1.29 is 13.2 Å². The molecule has 7 heteroatoms. The van der Waals surface area contributed by atoms with Crippen LogP contribution < -0.4 is 15.8 Å². The third-order valence-corrected chi connectivity index (χ3v) is 4.43. The smallest absolute Gasteiger partial charge is 0.240 e. The van der Waals surface area contributed by atoms with E-state index in [0.29, 0.717) is 0 Å². The van der Waals surface area contributed by atoms with E-state index in [2.05, 4.69) is 4.90 Å². The van der Waals surface area contributed by atoms with Crippen molar-refractivity contribution in [2.45, 2.75) is 23.8 Å². The fraction of sp³-hybridized carbons (Fsp3) is 0.500. The molecule has 1 saturated heterocycles. The number of ether oxygens (including phenoxy) is 1. The average Bonchev–Trinajstić information content (AvgIpc) is 2.38. The minimum Gasteiger partial charge on any atom is -0.396 e. The molecular formula is C12H19N3O3S. The Hall–Kier alpha value is -1.31. The number of para-hydroxylation sites is 1. The molecule has 0 bridgehead atoms. The molecule has 0 aliphatic carbocycles. The second-order valence-corrected chi connectivity index (χ2v) is 6.19. The summed E-state index contributed by atoms with van der Waals surface area (Å²) in [6.07, 6.45) is 2.06. The summed E-state index contributed by atoms with van der Waals surface area (Å²) in [6.45, 7) is 1.58. The number of rotatable bonds is 3. The summed E-state index contributed by atoms with van der Waals surface area (Å²) in [5.41, 5.74) is 6.88. The Balaban J connectivity index is 2.27. The Bertz CT molecular complexity index is 551. The number of methoxy groups -OCH3 is 1. The summed E-state index contributed by atoms with van der Waals surface area (Å²) in [4.78, 5) is 2.05. The zero-order chi connectivity index (χ0) is 14.0. The first kappa shape index (κ1) is 14.1. The summed E-state index contributed by atoms with van der Waals surface area (Å²) in [5.74, 6) is 0. The largest absolute Gasteiger partial charge is 0.396 e. The molecule has 2 rings (SSSR count). The Kier molecular flexibility index (Phi) is 3.98. The maximum Gasteiger partial charge on any atom is 0.240 e. The zero-order valence-electron chi connectivity index (χ0n) is 10.9. The lowest BCUT2D eigenvalue weighted by atomic mass is 10.1. The van der Waals surface area contributed by atoms with Gasteiger partial charge >= 0.3 is 0 Å². The lowest BCUT2D eigenvalue weighted by Gasteiger charge is -2.33. The first-order chi connectivity index (χ1) is 8.93. The normalized spacial score (nSPS) is 17.7. The third-order valence-electron chi connectivity index (χ3n) is 3.47.